The first-order chi connectivity index (χ1) is 11.2. The van der Waals surface area contributed by atoms with Crippen LogP contribution in [0.3, 0.4) is 0 Å². The third-order valence-corrected chi connectivity index (χ3v) is 4.40. The van der Waals surface area contributed by atoms with E-state index in [1.54, 1.807) is 0 Å². The van der Waals surface area contributed by atoms with Crippen molar-refractivity contribution in [1.82, 2.24) is 0 Å². The maximum Gasteiger partial charge on any atom is 0.0317 e. The zero-order valence-electron chi connectivity index (χ0n) is 14.4. The highest BCUT2D eigenvalue weighted by molar-refractivity contribution is 5.71. The van der Waals surface area contributed by atoms with E-state index in [1.807, 2.05) is 18.2 Å². The monoisotopic (exact) mass is 310 g/mol. The van der Waals surface area contributed by atoms with Crippen LogP contribution < -0.4 is 11.5 Å². The van der Waals surface area contributed by atoms with E-state index < -0.39 is 0 Å². The molecule has 0 radical (unpaired) electrons. The molecule has 0 spiro atoms. The van der Waals surface area contributed by atoms with E-state index in [0.717, 1.165) is 17.8 Å². The van der Waals surface area contributed by atoms with Gasteiger partial charge in [0.05, 0.1) is 0 Å². The number of nitrogens with two attached hydrogens (primary N) is 2. The van der Waals surface area contributed by atoms with Gasteiger partial charge in [-0.3, -0.25) is 0 Å². The molecule has 0 unspecified atom stereocenters. The number of anilines is 2. The van der Waals surface area contributed by atoms with Gasteiger partial charge in [-0.25, -0.2) is 0 Å². The Bertz CT molecular complexity index is 587. The van der Waals surface area contributed by atoms with Crippen molar-refractivity contribution in [3.8, 4) is 11.1 Å². The van der Waals surface area contributed by atoms with E-state index in [1.165, 1.54) is 61.6 Å². The van der Waals surface area contributed by atoms with Crippen LogP contribution in [0.4, 0.5) is 11.4 Å². The molecular formula is C21H30N2. The molecule has 0 bridgehead atoms. The van der Waals surface area contributed by atoms with Crippen LogP contribution in [0.15, 0.2) is 42.5 Å². The summed E-state index contributed by atoms with van der Waals surface area (Å²) < 4.78 is 0. The van der Waals surface area contributed by atoms with Crippen molar-refractivity contribution in [3.63, 3.8) is 0 Å². The largest absolute Gasteiger partial charge is 0.399 e. The third-order valence-electron chi connectivity index (χ3n) is 4.40. The summed E-state index contributed by atoms with van der Waals surface area (Å²) in [7, 11) is 0. The average molecular weight is 310 g/mol. The first-order valence-corrected chi connectivity index (χ1v) is 8.95. The molecule has 23 heavy (non-hydrogen) atoms. The van der Waals surface area contributed by atoms with E-state index in [9.17, 15) is 0 Å². The number of unbranched alkanes of at least 4 members (excludes halogenated alkanes) is 6. The zero-order valence-corrected chi connectivity index (χ0v) is 14.4. The lowest BCUT2D eigenvalue weighted by Crippen LogP contribution is -1.95. The standard InChI is InChI=1S/C21H30N2/c1-2-3-4-5-6-7-8-9-18-16-20(23)14-15-21(18)17-10-12-19(22)13-11-17/h10-16H,2-9,22-23H2,1H3. The third kappa shape index (κ3) is 5.63. The summed E-state index contributed by atoms with van der Waals surface area (Å²) in [6.07, 6.45) is 10.4. The van der Waals surface area contributed by atoms with Crippen LogP contribution in [0.5, 0.6) is 0 Å². The summed E-state index contributed by atoms with van der Waals surface area (Å²) in [5.41, 5.74) is 17.3. The molecule has 0 amide bonds. The minimum absolute atomic E-state index is 0.804. The van der Waals surface area contributed by atoms with Gasteiger partial charge in [0.2, 0.25) is 0 Å². The summed E-state index contributed by atoms with van der Waals surface area (Å²) in [5, 5.41) is 0. The Morgan fingerprint density at radius 1 is 0.696 bits per heavy atom. The fraction of sp³-hybridized carbons (Fsp3) is 0.429. The summed E-state index contributed by atoms with van der Waals surface area (Å²) in [5.74, 6) is 0. The number of benzene rings is 2. The van der Waals surface area contributed by atoms with Gasteiger partial charge in [-0.15, -0.1) is 0 Å². The van der Waals surface area contributed by atoms with Crippen molar-refractivity contribution in [1.29, 1.82) is 0 Å². The van der Waals surface area contributed by atoms with Gasteiger partial charge in [-0.1, -0.05) is 63.6 Å². The fourth-order valence-corrected chi connectivity index (χ4v) is 3.04. The number of rotatable bonds is 9. The molecule has 2 rings (SSSR count). The molecule has 124 valence electrons. The summed E-state index contributed by atoms with van der Waals surface area (Å²) in [4.78, 5) is 0. The molecule has 0 aliphatic rings. The van der Waals surface area contributed by atoms with Crippen molar-refractivity contribution in [3.05, 3.63) is 48.0 Å². The van der Waals surface area contributed by atoms with E-state index in [-0.39, 0.29) is 0 Å². The number of hydrogen-bond acceptors (Lipinski definition) is 2. The highest BCUT2D eigenvalue weighted by Crippen LogP contribution is 2.28. The normalized spacial score (nSPS) is 10.8. The molecule has 4 N–H and O–H groups in total. The molecular weight excluding hydrogens is 280 g/mol. The van der Waals surface area contributed by atoms with Crippen LogP contribution >= 0.6 is 0 Å². The average Bonchev–Trinajstić information content (AvgIpc) is 2.55. The van der Waals surface area contributed by atoms with E-state index in [4.69, 9.17) is 11.5 Å². The second kappa shape index (κ2) is 9.24. The second-order valence-corrected chi connectivity index (χ2v) is 6.41. The van der Waals surface area contributed by atoms with Crippen molar-refractivity contribution >= 4 is 11.4 Å². The van der Waals surface area contributed by atoms with Crippen molar-refractivity contribution < 1.29 is 0 Å². The molecule has 2 heteroatoms. The molecule has 0 aliphatic carbocycles. The maximum atomic E-state index is 5.99. The maximum absolute atomic E-state index is 5.99. The van der Waals surface area contributed by atoms with Crippen LogP contribution in [-0.2, 0) is 6.42 Å². The van der Waals surface area contributed by atoms with Crippen molar-refractivity contribution in [2.24, 2.45) is 0 Å². The quantitative estimate of drug-likeness (QED) is 0.453. The predicted molar refractivity (Wildman–Crippen MR) is 102 cm³/mol. The lowest BCUT2D eigenvalue weighted by atomic mass is 9.95. The summed E-state index contributed by atoms with van der Waals surface area (Å²) in [6, 6.07) is 14.4. The molecule has 0 fully saturated rings. The summed E-state index contributed by atoms with van der Waals surface area (Å²) >= 11 is 0. The molecule has 2 aromatic rings. The Labute approximate surface area is 140 Å². The Morgan fingerprint density at radius 3 is 2.00 bits per heavy atom. The van der Waals surface area contributed by atoms with Crippen LogP contribution in [0, 0.1) is 0 Å². The first-order valence-electron chi connectivity index (χ1n) is 8.95. The van der Waals surface area contributed by atoms with Crippen molar-refractivity contribution in [2.75, 3.05) is 11.5 Å². The van der Waals surface area contributed by atoms with E-state index in [2.05, 4.69) is 31.2 Å². The Morgan fingerprint density at radius 2 is 1.30 bits per heavy atom. The topological polar surface area (TPSA) is 52.0 Å². The Kier molecular flexibility index (Phi) is 6.99. The van der Waals surface area contributed by atoms with E-state index in [0.29, 0.717) is 0 Å². The molecule has 0 heterocycles. The Balaban J connectivity index is 1.95. The molecule has 2 aromatic carbocycles. The van der Waals surface area contributed by atoms with Gasteiger partial charge >= 0.3 is 0 Å². The lowest BCUT2D eigenvalue weighted by Gasteiger charge is -2.11. The lowest BCUT2D eigenvalue weighted by molar-refractivity contribution is 0.589. The van der Waals surface area contributed by atoms with Crippen LogP contribution in [-0.4, -0.2) is 0 Å². The minimum atomic E-state index is 0.804. The van der Waals surface area contributed by atoms with E-state index >= 15 is 0 Å². The molecule has 2 nitrogen and oxygen atoms in total. The second-order valence-electron chi connectivity index (χ2n) is 6.41. The molecule has 0 saturated heterocycles. The molecule has 0 aliphatic heterocycles. The number of hydrogen-bond donors (Lipinski definition) is 2. The van der Waals surface area contributed by atoms with Gasteiger partial charge in [-0.2, -0.15) is 0 Å². The highest BCUT2D eigenvalue weighted by atomic mass is 14.5. The first kappa shape index (κ1) is 17.4. The van der Waals surface area contributed by atoms with Gasteiger partial charge in [0.15, 0.2) is 0 Å². The molecule has 0 aromatic heterocycles. The van der Waals surface area contributed by atoms with Gasteiger partial charge in [0.25, 0.3) is 0 Å². The van der Waals surface area contributed by atoms with Gasteiger partial charge in [0.1, 0.15) is 0 Å². The van der Waals surface area contributed by atoms with Crippen LogP contribution in [0.25, 0.3) is 11.1 Å². The Hall–Kier alpha value is -1.96. The zero-order chi connectivity index (χ0) is 16.5. The number of nitrogen functional groups attached to an aromatic ring is 2. The van der Waals surface area contributed by atoms with Crippen LogP contribution in [0.1, 0.15) is 57.4 Å². The predicted octanol–water partition coefficient (Wildman–Crippen LogP) is 5.81. The van der Waals surface area contributed by atoms with Gasteiger partial charge in [0, 0.05) is 11.4 Å². The smallest absolute Gasteiger partial charge is 0.0317 e. The molecule has 0 atom stereocenters. The molecule has 0 saturated carbocycles. The minimum Gasteiger partial charge on any atom is -0.399 e. The van der Waals surface area contributed by atoms with Crippen LogP contribution in [0.2, 0.25) is 0 Å². The van der Waals surface area contributed by atoms with Gasteiger partial charge in [-0.05, 0) is 53.8 Å². The fourth-order valence-electron chi connectivity index (χ4n) is 3.04. The highest BCUT2D eigenvalue weighted by Gasteiger charge is 2.06. The SMILES string of the molecule is CCCCCCCCCc1cc(N)ccc1-c1ccc(N)cc1. The van der Waals surface area contributed by atoms with Crippen molar-refractivity contribution in [2.45, 2.75) is 58.3 Å². The summed E-state index contributed by atoms with van der Waals surface area (Å²) in [6.45, 7) is 2.26. The van der Waals surface area contributed by atoms with Gasteiger partial charge < -0.3 is 11.5 Å². The number of aryl methyl sites for hydroxylation is 1.